The van der Waals surface area contributed by atoms with Crippen molar-refractivity contribution < 1.29 is 4.79 Å². The van der Waals surface area contributed by atoms with Crippen molar-refractivity contribution in [2.75, 3.05) is 0 Å². The second kappa shape index (κ2) is 2.56. The first-order chi connectivity index (χ1) is 4.74. The van der Waals surface area contributed by atoms with E-state index in [1.807, 2.05) is 19.9 Å². The molecular formula is C7H8N2O. The number of nitrogens with zero attached hydrogens (tertiary/aromatic N) is 2. The third kappa shape index (κ3) is 1.18. The molecule has 1 heterocycles. The number of hydrogen-bond acceptors (Lipinski definition) is 3. The van der Waals surface area contributed by atoms with Crippen molar-refractivity contribution in [1.82, 2.24) is 10.2 Å². The van der Waals surface area contributed by atoms with Gasteiger partial charge >= 0.3 is 0 Å². The average molecular weight is 136 g/mol. The van der Waals surface area contributed by atoms with Gasteiger partial charge in [0.15, 0.2) is 6.29 Å². The monoisotopic (exact) mass is 136 g/mol. The van der Waals surface area contributed by atoms with E-state index in [1.54, 1.807) is 0 Å². The summed E-state index contributed by atoms with van der Waals surface area (Å²) in [6.07, 6.45) is 0.710. The summed E-state index contributed by atoms with van der Waals surface area (Å²) >= 11 is 0. The van der Waals surface area contributed by atoms with Crippen molar-refractivity contribution in [3.05, 3.63) is 23.0 Å². The van der Waals surface area contributed by atoms with Crippen LogP contribution in [0.25, 0.3) is 0 Å². The van der Waals surface area contributed by atoms with E-state index >= 15 is 0 Å². The van der Waals surface area contributed by atoms with Gasteiger partial charge in [0.2, 0.25) is 0 Å². The van der Waals surface area contributed by atoms with Crippen molar-refractivity contribution >= 4 is 6.29 Å². The molecule has 3 heteroatoms. The number of carbonyl (C=O) groups is 1. The van der Waals surface area contributed by atoms with Gasteiger partial charge in [0.1, 0.15) is 5.69 Å². The largest absolute Gasteiger partial charge is 0.296 e. The molecule has 52 valence electrons. The molecule has 0 spiro atoms. The van der Waals surface area contributed by atoms with Crippen LogP contribution < -0.4 is 0 Å². The fraction of sp³-hybridized carbons (Fsp3) is 0.286. The zero-order valence-corrected chi connectivity index (χ0v) is 5.96. The molecule has 0 amide bonds. The number of carbonyl (C=O) groups excluding carboxylic acids is 1. The molecule has 0 fully saturated rings. The molecule has 10 heavy (non-hydrogen) atoms. The van der Waals surface area contributed by atoms with Crippen LogP contribution >= 0.6 is 0 Å². The Hall–Kier alpha value is -1.25. The number of hydrogen-bond donors (Lipinski definition) is 0. The SMILES string of the molecule is Cc1cc(C)c(C=O)nn1. The van der Waals surface area contributed by atoms with E-state index in [-0.39, 0.29) is 0 Å². The molecular weight excluding hydrogens is 128 g/mol. The van der Waals surface area contributed by atoms with Crippen molar-refractivity contribution in [2.45, 2.75) is 13.8 Å². The Balaban J connectivity index is 3.19. The highest BCUT2D eigenvalue weighted by atomic mass is 16.1. The van der Waals surface area contributed by atoms with Crippen LogP contribution in [0.3, 0.4) is 0 Å². The Bertz CT molecular complexity index is 258. The highest BCUT2D eigenvalue weighted by Gasteiger charge is 1.97. The summed E-state index contributed by atoms with van der Waals surface area (Å²) in [5.74, 6) is 0. The Morgan fingerprint density at radius 2 is 2.10 bits per heavy atom. The third-order valence-electron chi connectivity index (χ3n) is 1.26. The van der Waals surface area contributed by atoms with E-state index in [0.29, 0.717) is 12.0 Å². The predicted octanol–water partition coefficient (Wildman–Crippen LogP) is 0.906. The summed E-state index contributed by atoms with van der Waals surface area (Å²) in [7, 11) is 0. The molecule has 0 bridgehead atoms. The summed E-state index contributed by atoms with van der Waals surface area (Å²) in [4.78, 5) is 10.2. The Morgan fingerprint density at radius 3 is 2.60 bits per heavy atom. The van der Waals surface area contributed by atoms with Gasteiger partial charge in [0.25, 0.3) is 0 Å². The number of rotatable bonds is 1. The summed E-state index contributed by atoms with van der Waals surface area (Å²) < 4.78 is 0. The lowest BCUT2D eigenvalue weighted by Crippen LogP contribution is -1.96. The van der Waals surface area contributed by atoms with Crippen LogP contribution in [0.15, 0.2) is 6.07 Å². The van der Waals surface area contributed by atoms with Crippen LogP contribution in [0.1, 0.15) is 21.7 Å². The van der Waals surface area contributed by atoms with Crippen LogP contribution in [0.4, 0.5) is 0 Å². The maximum atomic E-state index is 10.2. The first kappa shape index (κ1) is 6.86. The van der Waals surface area contributed by atoms with Gasteiger partial charge in [-0.3, -0.25) is 4.79 Å². The molecule has 0 aromatic carbocycles. The van der Waals surface area contributed by atoms with Crippen molar-refractivity contribution in [2.24, 2.45) is 0 Å². The average Bonchev–Trinajstić information content (AvgIpc) is 1.88. The molecule has 0 N–H and O–H groups in total. The number of aromatic nitrogens is 2. The topological polar surface area (TPSA) is 42.9 Å². The van der Waals surface area contributed by atoms with E-state index in [1.165, 1.54) is 0 Å². The standard InChI is InChI=1S/C7H8N2O/c1-5-3-6(2)8-9-7(5)4-10/h3-4H,1-2H3. The van der Waals surface area contributed by atoms with Gasteiger partial charge in [-0.05, 0) is 25.5 Å². The van der Waals surface area contributed by atoms with E-state index in [4.69, 9.17) is 0 Å². The number of aryl methyl sites for hydroxylation is 2. The van der Waals surface area contributed by atoms with Crippen LogP contribution in [-0.4, -0.2) is 16.5 Å². The Kier molecular flexibility index (Phi) is 1.76. The molecule has 0 aliphatic carbocycles. The molecule has 0 atom stereocenters. The van der Waals surface area contributed by atoms with E-state index in [9.17, 15) is 4.79 Å². The van der Waals surface area contributed by atoms with Gasteiger partial charge in [-0.2, -0.15) is 5.10 Å². The molecule has 3 nitrogen and oxygen atoms in total. The lowest BCUT2D eigenvalue weighted by Gasteiger charge is -1.94. The lowest BCUT2D eigenvalue weighted by atomic mass is 10.2. The molecule has 1 aromatic rings. The summed E-state index contributed by atoms with van der Waals surface area (Å²) in [5, 5.41) is 7.41. The minimum Gasteiger partial charge on any atom is -0.296 e. The highest BCUT2D eigenvalue weighted by Crippen LogP contribution is 2.00. The van der Waals surface area contributed by atoms with Crippen LogP contribution in [0, 0.1) is 13.8 Å². The van der Waals surface area contributed by atoms with Crippen LogP contribution in [0.5, 0.6) is 0 Å². The van der Waals surface area contributed by atoms with E-state index in [0.717, 1.165) is 11.3 Å². The maximum absolute atomic E-state index is 10.2. The van der Waals surface area contributed by atoms with Gasteiger partial charge in [0.05, 0.1) is 5.69 Å². The van der Waals surface area contributed by atoms with Crippen molar-refractivity contribution in [1.29, 1.82) is 0 Å². The second-order valence-electron chi connectivity index (χ2n) is 2.17. The summed E-state index contributed by atoms with van der Waals surface area (Å²) in [6, 6.07) is 1.83. The molecule has 0 radical (unpaired) electrons. The van der Waals surface area contributed by atoms with Gasteiger partial charge in [-0.25, -0.2) is 0 Å². The Labute approximate surface area is 59.1 Å². The summed E-state index contributed by atoms with van der Waals surface area (Å²) in [5.41, 5.74) is 2.14. The fourth-order valence-corrected chi connectivity index (χ4v) is 0.744. The van der Waals surface area contributed by atoms with E-state index < -0.39 is 0 Å². The zero-order chi connectivity index (χ0) is 7.56. The van der Waals surface area contributed by atoms with E-state index in [2.05, 4.69) is 10.2 Å². The normalized spacial score (nSPS) is 9.40. The van der Waals surface area contributed by atoms with Crippen LogP contribution in [-0.2, 0) is 0 Å². The predicted molar refractivity (Wildman–Crippen MR) is 36.9 cm³/mol. The van der Waals surface area contributed by atoms with Crippen LogP contribution in [0.2, 0.25) is 0 Å². The number of aldehydes is 1. The van der Waals surface area contributed by atoms with Crippen molar-refractivity contribution in [3.8, 4) is 0 Å². The quantitative estimate of drug-likeness (QED) is 0.539. The van der Waals surface area contributed by atoms with Crippen molar-refractivity contribution in [3.63, 3.8) is 0 Å². The zero-order valence-electron chi connectivity index (χ0n) is 5.96. The minimum atomic E-state index is 0.422. The lowest BCUT2D eigenvalue weighted by molar-refractivity contribution is 0.111. The van der Waals surface area contributed by atoms with Gasteiger partial charge in [-0.1, -0.05) is 0 Å². The minimum absolute atomic E-state index is 0.422. The third-order valence-corrected chi connectivity index (χ3v) is 1.26. The van der Waals surface area contributed by atoms with Gasteiger partial charge in [-0.15, -0.1) is 5.10 Å². The Morgan fingerprint density at radius 1 is 1.40 bits per heavy atom. The molecule has 0 aliphatic heterocycles. The molecule has 1 rings (SSSR count). The molecule has 0 saturated carbocycles. The molecule has 1 aromatic heterocycles. The molecule has 0 aliphatic rings. The van der Waals surface area contributed by atoms with Gasteiger partial charge in [0, 0.05) is 0 Å². The summed E-state index contributed by atoms with van der Waals surface area (Å²) in [6.45, 7) is 3.68. The van der Waals surface area contributed by atoms with Gasteiger partial charge < -0.3 is 0 Å². The highest BCUT2D eigenvalue weighted by molar-refractivity contribution is 5.73. The maximum Gasteiger partial charge on any atom is 0.170 e. The smallest absolute Gasteiger partial charge is 0.170 e. The first-order valence-corrected chi connectivity index (χ1v) is 3.00. The fourth-order valence-electron chi connectivity index (χ4n) is 0.744. The first-order valence-electron chi connectivity index (χ1n) is 3.00. The molecule has 0 saturated heterocycles. The second-order valence-corrected chi connectivity index (χ2v) is 2.17. The molecule has 0 unspecified atom stereocenters.